The monoisotopic (exact) mass is 168 g/mol. The van der Waals surface area contributed by atoms with Crippen LogP contribution < -0.4 is 0 Å². The lowest BCUT2D eigenvalue weighted by molar-refractivity contribution is 1.43. The lowest BCUT2D eigenvalue weighted by Gasteiger charge is -2.21. The van der Waals surface area contributed by atoms with Crippen LogP contribution in [0, 0.1) is 0 Å². The van der Waals surface area contributed by atoms with Gasteiger partial charge in [0, 0.05) is 0 Å². The van der Waals surface area contributed by atoms with Crippen LogP contribution in [-0.2, 0) is 0 Å². The lowest BCUT2D eigenvalue weighted by atomic mass is 9.49. The minimum absolute atomic E-state index is 0.724. The zero-order valence-corrected chi connectivity index (χ0v) is 10.1. The third-order valence-electron chi connectivity index (χ3n) is 2.58. The first kappa shape index (κ1) is 11.0. The van der Waals surface area contributed by atoms with Crippen molar-refractivity contribution in [2.24, 2.45) is 0 Å². The molecule has 0 aliphatic heterocycles. The number of rotatable bonds is 2. The van der Waals surface area contributed by atoms with Gasteiger partial charge in [0.05, 0.1) is 8.07 Å². The zero-order valence-electron chi connectivity index (χ0n) is 9.08. The molecule has 0 saturated heterocycles. The largest absolute Gasteiger partial charge is 0.163 e. The first-order valence-electron chi connectivity index (χ1n) is 4.44. The van der Waals surface area contributed by atoms with Gasteiger partial charge in [-0.2, -0.15) is 0 Å². The van der Waals surface area contributed by atoms with Gasteiger partial charge >= 0.3 is 0 Å². The summed E-state index contributed by atoms with van der Waals surface area (Å²) < 4.78 is 0. The van der Waals surface area contributed by atoms with E-state index in [9.17, 15) is 0 Å². The highest BCUT2D eigenvalue weighted by atomic mass is 28.3. The molecule has 0 radical (unpaired) electrons. The molecule has 0 aromatic rings. The quantitative estimate of drug-likeness (QED) is 0.553. The summed E-state index contributed by atoms with van der Waals surface area (Å²) in [4.78, 5) is 0. The molecule has 0 atom stereocenters. The number of allylic oxidation sites excluding steroid dienone is 2. The molecule has 0 aromatic heterocycles. The second-order valence-electron chi connectivity index (χ2n) is 4.71. The molecule has 2 heteroatoms. The maximum atomic E-state index is 2.41. The Bertz CT molecular complexity index is 163. The Morgan fingerprint density at radius 2 is 1.36 bits per heavy atom. The van der Waals surface area contributed by atoms with Crippen molar-refractivity contribution in [2.75, 3.05) is 0 Å². The molecular formula is C9H21BSi. The molecule has 0 saturated carbocycles. The molecule has 0 fully saturated rings. The highest BCUT2D eigenvalue weighted by Crippen LogP contribution is 2.19. The molecule has 64 valence electrons. The topological polar surface area (TPSA) is 0 Å². The molecule has 11 heavy (non-hydrogen) atoms. The van der Waals surface area contributed by atoms with Gasteiger partial charge in [-0.25, -0.2) is 0 Å². The van der Waals surface area contributed by atoms with Crippen LogP contribution in [-0.4, -0.2) is 14.8 Å². The molecule has 0 nitrogen and oxygen atoms in total. The van der Waals surface area contributed by atoms with Crippen LogP contribution in [0.15, 0.2) is 10.7 Å². The van der Waals surface area contributed by atoms with E-state index in [1.54, 1.807) is 10.7 Å². The summed E-state index contributed by atoms with van der Waals surface area (Å²) >= 11 is 0. The van der Waals surface area contributed by atoms with Crippen LogP contribution in [0.4, 0.5) is 0 Å². The van der Waals surface area contributed by atoms with Crippen LogP contribution >= 0.6 is 0 Å². The van der Waals surface area contributed by atoms with Crippen LogP contribution in [0.1, 0.15) is 13.8 Å². The second-order valence-corrected chi connectivity index (χ2v) is 9.96. The van der Waals surface area contributed by atoms with Gasteiger partial charge in [0.1, 0.15) is 0 Å². The third kappa shape index (κ3) is 3.28. The van der Waals surface area contributed by atoms with Crippen molar-refractivity contribution in [3.63, 3.8) is 0 Å². The van der Waals surface area contributed by atoms with Gasteiger partial charge in [-0.3, -0.25) is 0 Å². The summed E-state index contributed by atoms with van der Waals surface area (Å²) in [6.07, 6.45) is 0. The molecule has 0 bridgehead atoms. The average Bonchev–Trinajstić information content (AvgIpc) is 1.82. The predicted octanol–water partition coefficient (Wildman–Crippen LogP) is 3.49. The predicted molar refractivity (Wildman–Crippen MR) is 59.2 cm³/mol. The van der Waals surface area contributed by atoms with E-state index >= 15 is 0 Å². The van der Waals surface area contributed by atoms with Crippen molar-refractivity contribution in [1.29, 1.82) is 0 Å². The molecule has 0 rings (SSSR count). The number of hydrogen-bond donors (Lipinski definition) is 0. The van der Waals surface area contributed by atoms with Crippen LogP contribution in [0.25, 0.3) is 0 Å². The summed E-state index contributed by atoms with van der Waals surface area (Å²) in [6, 6.07) is 0. The number of hydrogen-bond acceptors (Lipinski definition) is 0. The molecule has 0 N–H and O–H groups in total. The fourth-order valence-electron chi connectivity index (χ4n) is 1.02. The molecule has 0 aromatic carbocycles. The standard InChI is InChI=1S/C9H21BSi/c1-8(10(3)4)9(2)11(5,6)7/h1-7H3. The van der Waals surface area contributed by atoms with Crippen LogP contribution in [0.2, 0.25) is 33.3 Å². The summed E-state index contributed by atoms with van der Waals surface area (Å²) in [5, 5.41) is 1.67. The van der Waals surface area contributed by atoms with Crippen LogP contribution in [0.5, 0.6) is 0 Å². The summed E-state index contributed by atoms with van der Waals surface area (Å²) in [7, 11) is -1.01. The minimum atomic E-state index is -1.01. The Morgan fingerprint density at radius 1 is 1.00 bits per heavy atom. The Kier molecular flexibility index (Phi) is 3.62. The van der Waals surface area contributed by atoms with Gasteiger partial charge in [-0.15, -0.1) is 5.47 Å². The van der Waals surface area contributed by atoms with Gasteiger partial charge in [0.25, 0.3) is 0 Å². The van der Waals surface area contributed by atoms with E-state index in [2.05, 4.69) is 47.1 Å². The summed E-state index contributed by atoms with van der Waals surface area (Å²) in [5.41, 5.74) is 1.60. The van der Waals surface area contributed by atoms with Gasteiger partial charge in [-0.05, 0) is 6.92 Å². The third-order valence-corrected chi connectivity index (χ3v) is 5.23. The normalized spacial score (nSPS) is 14.5. The maximum absolute atomic E-state index is 2.41. The minimum Gasteiger partial charge on any atom is -0.109 e. The molecule has 0 amide bonds. The Labute approximate surface area is 73.2 Å². The van der Waals surface area contributed by atoms with E-state index in [1.165, 1.54) is 0 Å². The Balaban J connectivity index is 4.67. The van der Waals surface area contributed by atoms with Crippen molar-refractivity contribution in [2.45, 2.75) is 47.1 Å². The molecule has 0 aliphatic rings. The Hall–Kier alpha value is 0.0218. The van der Waals surface area contributed by atoms with Gasteiger partial charge in [0.2, 0.25) is 0 Å². The molecular weight excluding hydrogens is 147 g/mol. The highest BCUT2D eigenvalue weighted by molar-refractivity contribution is 6.84. The Morgan fingerprint density at radius 3 is 1.45 bits per heavy atom. The molecule has 0 heterocycles. The van der Waals surface area contributed by atoms with Crippen molar-refractivity contribution in [3.05, 3.63) is 10.7 Å². The van der Waals surface area contributed by atoms with E-state index in [1.807, 2.05) is 0 Å². The van der Waals surface area contributed by atoms with E-state index in [-0.39, 0.29) is 0 Å². The lowest BCUT2D eigenvalue weighted by Crippen LogP contribution is -2.25. The van der Waals surface area contributed by atoms with E-state index in [0.29, 0.717) is 0 Å². The molecule has 0 aliphatic carbocycles. The first-order chi connectivity index (χ1) is 4.76. The summed E-state index contributed by atoms with van der Waals surface area (Å²) in [5.74, 6) is 0. The zero-order chi connectivity index (χ0) is 9.23. The molecule has 0 spiro atoms. The van der Waals surface area contributed by atoms with Crippen molar-refractivity contribution in [3.8, 4) is 0 Å². The van der Waals surface area contributed by atoms with Gasteiger partial charge in [-0.1, -0.05) is 45.4 Å². The van der Waals surface area contributed by atoms with Crippen molar-refractivity contribution in [1.82, 2.24) is 0 Å². The van der Waals surface area contributed by atoms with Gasteiger partial charge < -0.3 is 0 Å². The maximum Gasteiger partial charge on any atom is 0.163 e. The SMILES string of the molecule is CB(C)C(C)=C(C)[Si](C)(C)C. The second kappa shape index (κ2) is 3.61. The molecule has 0 unspecified atom stereocenters. The van der Waals surface area contributed by atoms with Crippen molar-refractivity contribution < 1.29 is 0 Å². The van der Waals surface area contributed by atoms with E-state index in [4.69, 9.17) is 0 Å². The van der Waals surface area contributed by atoms with E-state index < -0.39 is 8.07 Å². The van der Waals surface area contributed by atoms with Crippen LogP contribution in [0.3, 0.4) is 0 Å². The smallest absolute Gasteiger partial charge is 0.109 e. The highest BCUT2D eigenvalue weighted by Gasteiger charge is 2.18. The fraction of sp³-hybridized carbons (Fsp3) is 0.778. The van der Waals surface area contributed by atoms with Crippen molar-refractivity contribution >= 4 is 14.8 Å². The first-order valence-corrected chi connectivity index (χ1v) is 7.94. The summed E-state index contributed by atoms with van der Waals surface area (Å²) in [6.45, 7) is 17.1. The average molecular weight is 168 g/mol. The van der Waals surface area contributed by atoms with E-state index in [0.717, 1.165) is 6.71 Å². The van der Waals surface area contributed by atoms with Gasteiger partial charge in [0.15, 0.2) is 6.71 Å². The fourth-order valence-corrected chi connectivity index (χ4v) is 2.50.